The van der Waals surface area contributed by atoms with Crippen molar-refractivity contribution in [1.29, 1.82) is 0 Å². The first kappa shape index (κ1) is 20.4. The van der Waals surface area contributed by atoms with Crippen molar-refractivity contribution in [2.75, 3.05) is 13.2 Å². The van der Waals surface area contributed by atoms with Crippen molar-refractivity contribution < 1.29 is 19.1 Å². The zero-order valence-electron chi connectivity index (χ0n) is 15.6. The topological polar surface area (TPSA) is 64.6 Å². The highest BCUT2D eigenvalue weighted by molar-refractivity contribution is 6.30. The molecule has 1 amide bonds. The molecule has 0 aliphatic carbocycles. The highest BCUT2D eigenvalue weighted by Crippen LogP contribution is 2.29. The van der Waals surface area contributed by atoms with E-state index in [0.717, 1.165) is 16.7 Å². The quantitative estimate of drug-likeness (QED) is 0.565. The normalized spacial score (nSPS) is 10.2. The molecule has 0 atom stereocenters. The molecule has 29 heavy (non-hydrogen) atoms. The Labute approximate surface area is 174 Å². The molecule has 0 fully saturated rings. The zero-order chi connectivity index (χ0) is 20.5. The minimum Gasteiger partial charge on any atom is -0.481 e. The summed E-state index contributed by atoms with van der Waals surface area (Å²) in [6.45, 7) is -0.321. The second-order valence-electron chi connectivity index (χ2n) is 6.21. The summed E-state index contributed by atoms with van der Waals surface area (Å²) >= 11 is 5.82. The van der Waals surface area contributed by atoms with Gasteiger partial charge in [-0.25, -0.2) is 4.79 Å². The van der Waals surface area contributed by atoms with Crippen molar-refractivity contribution in [3.05, 3.63) is 89.4 Å². The lowest BCUT2D eigenvalue weighted by molar-refractivity contribution is -0.150. The van der Waals surface area contributed by atoms with Crippen LogP contribution in [-0.2, 0) is 20.9 Å². The fourth-order valence-electron chi connectivity index (χ4n) is 2.63. The van der Waals surface area contributed by atoms with E-state index in [1.807, 2.05) is 60.7 Å². The molecule has 0 bridgehead atoms. The summed E-state index contributed by atoms with van der Waals surface area (Å²) < 4.78 is 10.6. The number of benzene rings is 3. The molecule has 0 aliphatic rings. The standard InChI is InChI=1S/C23H20ClNO4/c24-19-12-10-17(11-13-19)14-25-22(26)15-29-23(27)16-28-21-9-5-4-8-20(21)18-6-2-1-3-7-18/h1-13H,14-16H2,(H,25,26). The highest BCUT2D eigenvalue weighted by Gasteiger charge is 2.11. The van der Waals surface area contributed by atoms with Gasteiger partial charge in [0, 0.05) is 17.1 Å². The number of hydrogen-bond acceptors (Lipinski definition) is 4. The molecule has 5 nitrogen and oxygen atoms in total. The minimum absolute atomic E-state index is 0.283. The van der Waals surface area contributed by atoms with Gasteiger partial charge in [-0.2, -0.15) is 0 Å². The minimum atomic E-state index is -0.616. The summed E-state index contributed by atoms with van der Waals surface area (Å²) in [4.78, 5) is 23.8. The molecule has 6 heteroatoms. The second-order valence-corrected chi connectivity index (χ2v) is 6.65. The van der Waals surface area contributed by atoms with Crippen LogP contribution in [0.25, 0.3) is 11.1 Å². The van der Waals surface area contributed by atoms with E-state index in [9.17, 15) is 9.59 Å². The molecule has 1 N–H and O–H groups in total. The van der Waals surface area contributed by atoms with Crippen molar-refractivity contribution in [1.82, 2.24) is 5.32 Å². The van der Waals surface area contributed by atoms with Gasteiger partial charge in [-0.1, -0.05) is 72.3 Å². The number of amides is 1. The fraction of sp³-hybridized carbons (Fsp3) is 0.130. The van der Waals surface area contributed by atoms with Crippen LogP contribution in [0.5, 0.6) is 5.75 Å². The number of nitrogens with one attached hydrogen (secondary N) is 1. The lowest BCUT2D eigenvalue weighted by Crippen LogP contribution is -2.29. The Bertz CT molecular complexity index is 958. The van der Waals surface area contributed by atoms with Gasteiger partial charge in [-0.3, -0.25) is 4.79 Å². The number of carbonyl (C=O) groups excluding carboxylic acids is 2. The molecular weight excluding hydrogens is 390 g/mol. The lowest BCUT2D eigenvalue weighted by atomic mass is 10.1. The van der Waals surface area contributed by atoms with Crippen LogP contribution >= 0.6 is 11.6 Å². The van der Waals surface area contributed by atoms with Crippen molar-refractivity contribution in [2.45, 2.75) is 6.54 Å². The Balaban J connectivity index is 1.44. The number of halogens is 1. The molecule has 0 saturated carbocycles. The van der Waals surface area contributed by atoms with E-state index in [4.69, 9.17) is 21.1 Å². The van der Waals surface area contributed by atoms with Crippen LogP contribution in [0.2, 0.25) is 5.02 Å². The molecule has 0 heterocycles. The number of para-hydroxylation sites is 1. The van der Waals surface area contributed by atoms with Crippen LogP contribution in [0.4, 0.5) is 0 Å². The molecule has 148 valence electrons. The molecular formula is C23H20ClNO4. The van der Waals surface area contributed by atoms with E-state index in [-0.39, 0.29) is 13.2 Å². The van der Waals surface area contributed by atoms with Gasteiger partial charge in [0.05, 0.1) is 0 Å². The zero-order valence-corrected chi connectivity index (χ0v) is 16.4. The molecule has 0 radical (unpaired) electrons. The first-order valence-electron chi connectivity index (χ1n) is 9.06. The molecule has 0 aromatic heterocycles. The van der Waals surface area contributed by atoms with Crippen molar-refractivity contribution in [2.24, 2.45) is 0 Å². The number of esters is 1. The third kappa shape index (κ3) is 6.36. The Morgan fingerprint density at radius 1 is 0.828 bits per heavy atom. The second kappa shape index (κ2) is 10.3. The van der Waals surface area contributed by atoms with Gasteiger partial charge in [0.1, 0.15) is 5.75 Å². The molecule has 3 aromatic carbocycles. The Morgan fingerprint density at radius 2 is 1.52 bits per heavy atom. The van der Waals surface area contributed by atoms with Crippen molar-refractivity contribution >= 4 is 23.5 Å². The predicted octanol–water partition coefficient (Wildman–Crippen LogP) is 4.25. The third-order valence-corrected chi connectivity index (χ3v) is 4.34. The maximum absolute atomic E-state index is 11.9. The molecule has 0 aliphatic heterocycles. The van der Waals surface area contributed by atoms with Crippen LogP contribution in [0, 0.1) is 0 Å². The summed E-state index contributed by atoms with van der Waals surface area (Å²) in [7, 11) is 0. The van der Waals surface area contributed by atoms with Gasteiger partial charge in [0.2, 0.25) is 0 Å². The monoisotopic (exact) mass is 409 g/mol. The van der Waals surface area contributed by atoms with E-state index < -0.39 is 11.9 Å². The summed E-state index contributed by atoms with van der Waals surface area (Å²) in [5.74, 6) is -0.435. The molecule has 0 unspecified atom stereocenters. The lowest BCUT2D eigenvalue weighted by Gasteiger charge is -2.11. The van der Waals surface area contributed by atoms with Crippen LogP contribution < -0.4 is 10.1 Å². The maximum Gasteiger partial charge on any atom is 0.344 e. The van der Waals surface area contributed by atoms with Gasteiger partial charge in [-0.05, 0) is 29.3 Å². The highest BCUT2D eigenvalue weighted by atomic mass is 35.5. The average Bonchev–Trinajstić information content (AvgIpc) is 2.76. The summed E-state index contributed by atoms with van der Waals surface area (Å²) in [5, 5.41) is 3.31. The summed E-state index contributed by atoms with van der Waals surface area (Å²) in [6, 6.07) is 24.3. The number of hydrogen-bond donors (Lipinski definition) is 1. The van der Waals surface area contributed by atoms with Gasteiger partial charge >= 0.3 is 5.97 Å². The van der Waals surface area contributed by atoms with E-state index in [1.165, 1.54) is 0 Å². The Morgan fingerprint density at radius 3 is 2.28 bits per heavy atom. The van der Waals surface area contributed by atoms with E-state index >= 15 is 0 Å². The number of rotatable bonds is 8. The molecule has 0 spiro atoms. The number of carbonyl (C=O) groups is 2. The smallest absolute Gasteiger partial charge is 0.344 e. The van der Waals surface area contributed by atoms with Gasteiger partial charge < -0.3 is 14.8 Å². The Kier molecular flexibility index (Phi) is 7.25. The van der Waals surface area contributed by atoms with Crippen LogP contribution in [0.3, 0.4) is 0 Å². The average molecular weight is 410 g/mol. The predicted molar refractivity (Wildman–Crippen MR) is 112 cm³/mol. The maximum atomic E-state index is 11.9. The van der Waals surface area contributed by atoms with E-state index in [0.29, 0.717) is 17.3 Å². The van der Waals surface area contributed by atoms with E-state index in [1.54, 1.807) is 18.2 Å². The first-order chi connectivity index (χ1) is 14.1. The SMILES string of the molecule is O=C(COC(=O)COc1ccccc1-c1ccccc1)NCc1ccc(Cl)cc1. The van der Waals surface area contributed by atoms with E-state index in [2.05, 4.69) is 5.32 Å². The van der Waals surface area contributed by atoms with Gasteiger partial charge in [0.15, 0.2) is 13.2 Å². The molecule has 0 saturated heterocycles. The van der Waals surface area contributed by atoms with Gasteiger partial charge in [0.25, 0.3) is 5.91 Å². The van der Waals surface area contributed by atoms with Crippen LogP contribution in [0.1, 0.15) is 5.56 Å². The van der Waals surface area contributed by atoms with Crippen molar-refractivity contribution in [3.8, 4) is 16.9 Å². The largest absolute Gasteiger partial charge is 0.481 e. The van der Waals surface area contributed by atoms with Crippen molar-refractivity contribution in [3.63, 3.8) is 0 Å². The first-order valence-corrected chi connectivity index (χ1v) is 9.43. The molecule has 3 aromatic rings. The summed E-state index contributed by atoms with van der Waals surface area (Å²) in [6.07, 6.45) is 0. The van der Waals surface area contributed by atoms with Gasteiger partial charge in [-0.15, -0.1) is 0 Å². The number of ether oxygens (including phenoxy) is 2. The third-order valence-electron chi connectivity index (χ3n) is 4.08. The van der Waals surface area contributed by atoms with Crippen LogP contribution in [0.15, 0.2) is 78.9 Å². The Hall–Kier alpha value is -3.31. The fourth-order valence-corrected chi connectivity index (χ4v) is 2.75. The molecule has 3 rings (SSSR count). The van der Waals surface area contributed by atoms with Crippen LogP contribution in [-0.4, -0.2) is 25.1 Å². The summed E-state index contributed by atoms with van der Waals surface area (Å²) in [5.41, 5.74) is 2.76.